The standard InChI is InChI=1S/C13H17NO4/c1-9(10-5-3-2-4-6-10)12(16)14-11(7-8-15)13(17)18/h2-6,9,11,15H,7-8H2,1H3,(H,14,16)(H,17,18)/t9?,11-/m0/s1. The maximum absolute atomic E-state index is 11.9. The van der Waals surface area contributed by atoms with Crippen LogP contribution in [-0.4, -0.2) is 34.7 Å². The van der Waals surface area contributed by atoms with Gasteiger partial charge < -0.3 is 15.5 Å². The molecular weight excluding hydrogens is 234 g/mol. The Bertz CT molecular complexity index is 405. The second-order valence-electron chi connectivity index (χ2n) is 4.04. The van der Waals surface area contributed by atoms with Gasteiger partial charge in [-0.25, -0.2) is 4.79 Å². The molecule has 3 N–H and O–H groups in total. The number of hydrogen-bond acceptors (Lipinski definition) is 3. The highest BCUT2D eigenvalue weighted by Crippen LogP contribution is 2.14. The van der Waals surface area contributed by atoms with E-state index in [1.807, 2.05) is 30.3 Å². The lowest BCUT2D eigenvalue weighted by Crippen LogP contribution is -2.43. The Morgan fingerprint density at radius 3 is 2.39 bits per heavy atom. The topological polar surface area (TPSA) is 86.6 Å². The van der Waals surface area contributed by atoms with Crippen molar-refractivity contribution in [1.29, 1.82) is 0 Å². The van der Waals surface area contributed by atoms with E-state index in [-0.39, 0.29) is 18.9 Å². The molecule has 0 radical (unpaired) electrons. The average Bonchev–Trinajstić information content (AvgIpc) is 2.38. The van der Waals surface area contributed by atoms with Crippen LogP contribution in [0, 0.1) is 0 Å². The predicted octanol–water partition coefficient (Wildman–Crippen LogP) is 0.742. The molecule has 0 bridgehead atoms. The van der Waals surface area contributed by atoms with Crippen LogP contribution in [0.15, 0.2) is 30.3 Å². The van der Waals surface area contributed by atoms with Gasteiger partial charge in [0.15, 0.2) is 0 Å². The highest BCUT2D eigenvalue weighted by molar-refractivity contribution is 5.87. The third-order valence-corrected chi connectivity index (χ3v) is 2.73. The summed E-state index contributed by atoms with van der Waals surface area (Å²) < 4.78 is 0. The Morgan fingerprint density at radius 2 is 1.89 bits per heavy atom. The summed E-state index contributed by atoms with van der Waals surface area (Å²) >= 11 is 0. The first kappa shape index (κ1) is 14.2. The Labute approximate surface area is 105 Å². The molecule has 2 atom stereocenters. The van der Waals surface area contributed by atoms with Gasteiger partial charge in [0.1, 0.15) is 6.04 Å². The van der Waals surface area contributed by atoms with Crippen molar-refractivity contribution in [2.45, 2.75) is 25.3 Å². The molecule has 0 spiro atoms. The van der Waals surface area contributed by atoms with Crippen molar-refractivity contribution in [3.63, 3.8) is 0 Å². The third kappa shape index (κ3) is 3.85. The van der Waals surface area contributed by atoms with Crippen molar-refractivity contribution >= 4 is 11.9 Å². The molecular formula is C13H17NO4. The lowest BCUT2D eigenvalue weighted by atomic mass is 10.00. The molecule has 5 heteroatoms. The average molecular weight is 251 g/mol. The Balaban J connectivity index is 2.67. The number of carboxylic acids is 1. The quantitative estimate of drug-likeness (QED) is 0.696. The maximum Gasteiger partial charge on any atom is 0.326 e. The van der Waals surface area contributed by atoms with Gasteiger partial charge in [-0.1, -0.05) is 30.3 Å². The van der Waals surface area contributed by atoms with Gasteiger partial charge in [0, 0.05) is 13.0 Å². The summed E-state index contributed by atoms with van der Waals surface area (Å²) in [5, 5.41) is 20.0. The second-order valence-corrected chi connectivity index (χ2v) is 4.04. The normalized spacial score (nSPS) is 13.7. The van der Waals surface area contributed by atoms with Gasteiger partial charge in [0.2, 0.25) is 5.91 Å². The molecule has 0 aliphatic heterocycles. The minimum atomic E-state index is -1.14. The van der Waals surface area contributed by atoms with E-state index in [1.165, 1.54) is 0 Å². The number of benzene rings is 1. The molecule has 1 amide bonds. The molecule has 1 rings (SSSR count). The first-order chi connectivity index (χ1) is 8.56. The minimum absolute atomic E-state index is 0.00256. The van der Waals surface area contributed by atoms with Crippen LogP contribution in [0.2, 0.25) is 0 Å². The molecule has 0 aliphatic carbocycles. The zero-order chi connectivity index (χ0) is 13.5. The Morgan fingerprint density at radius 1 is 1.28 bits per heavy atom. The van der Waals surface area contributed by atoms with Crippen LogP contribution in [0.25, 0.3) is 0 Å². The summed E-state index contributed by atoms with van der Waals surface area (Å²) in [6.45, 7) is 1.43. The van der Waals surface area contributed by atoms with Crippen LogP contribution < -0.4 is 5.32 Å². The number of aliphatic hydroxyl groups excluding tert-OH is 1. The summed E-state index contributed by atoms with van der Waals surface area (Å²) in [6, 6.07) is 8.06. The molecule has 0 aliphatic rings. The van der Waals surface area contributed by atoms with E-state index < -0.39 is 17.9 Å². The molecule has 98 valence electrons. The molecule has 18 heavy (non-hydrogen) atoms. The van der Waals surface area contributed by atoms with Gasteiger partial charge in [-0.2, -0.15) is 0 Å². The largest absolute Gasteiger partial charge is 0.480 e. The van der Waals surface area contributed by atoms with Crippen molar-refractivity contribution in [3.8, 4) is 0 Å². The molecule has 0 saturated carbocycles. The maximum atomic E-state index is 11.9. The monoisotopic (exact) mass is 251 g/mol. The van der Waals surface area contributed by atoms with Crippen LogP contribution in [0.3, 0.4) is 0 Å². The van der Waals surface area contributed by atoms with Crippen LogP contribution in [-0.2, 0) is 9.59 Å². The number of aliphatic hydroxyl groups is 1. The van der Waals surface area contributed by atoms with Crippen LogP contribution in [0.4, 0.5) is 0 Å². The Kier molecular flexibility index (Phi) is 5.32. The number of carbonyl (C=O) groups is 2. The fraction of sp³-hybridized carbons (Fsp3) is 0.385. The minimum Gasteiger partial charge on any atom is -0.480 e. The molecule has 0 fully saturated rings. The van der Waals surface area contributed by atoms with Gasteiger partial charge in [-0.15, -0.1) is 0 Å². The molecule has 0 aromatic heterocycles. The molecule has 1 aromatic carbocycles. The van der Waals surface area contributed by atoms with Crippen molar-refractivity contribution in [2.75, 3.05) is 6.61 Å². The van der Waals surface area contributed by atoms with Crippen LogP contribution in [0.1, 0.15) is 24.8 Å². The summed E-state index contributed by atoms with van der Waals surface area (Å²) in [5.41, 5.74) is 0.822. The summed E-state index contributed by atoms with van der Waals surface area (Å²) in [5.74, 6) is -1.92. The fourth-order valence-electron chi connectivity index (χ4n) is 1.58. The molecule has 5 nitrogen and oxygen atoms in total. The third-order valence-electron chi connectivity index (χ3n) is 2.73. The van der Waals surface area contributed by atoms with E-state index in [2.05, 4.69) is 5.32 Å². The SMILES string of the molecule is CC(C(=O)N[C@@H](CCO)C(=O)O)c1ccccc1. The first-order valence-corrected chi connectivity index (χ1v) is 5.75. The van der Waals surface area contributed by atoms with Gasteiger partial charge in [-0.05, 0) is 12.5 Å². The fourth-order valence-corrected chi connectivity index (χ4v) is 1.58. The second kappa shape index (κ2) is 6.76. The smallest absolute Gasteiger partial charge is 0.326 e. The number of amides is 1. The van der Waals surface area contributed by atoms with Gasteiger partial charge >= 0.3 is 5.97 Å². The molecule has 0 heterocycles. The highest BCUT2D eigenvalue weighted by Gasteiger charge is 2.23. The number of rotatable bonds is 6. The Hall–Kier alpha value is -1.88. The van der Waals surface area contributed by atoms with E-state index in [1.54, 1.807) is 6.92 Å². The summed E-state index contributed by atoms with van der Waals surface area (Å²) in [6.07, 6.45) is 0.00256. The zero-order valence-corrected chi connectivity index (χ0v) is 10.2. The number of nitrogens with one attached hydrogen (secondary N) is 1. The van der Waals surface area contributed by atoms with Gasteiger partial charge in [-0.3, -0.25) is 4.79 Å². The summed E-state index contributed by atoms with van der Waals surface area (Å²) in [7, 11) is 0. The number of carbonyl (C=O) groups excluding carboxylic acids is 1. The van der Waals surface area contributed by atoms with E-state index in [0.29, 0.717) is 0 Å². The summed E-state index contributed by atoms with van der Waals surface area (Å²) in [4.78, 5) is 22.7. The van der Waals surface area contributed by atoms with E-state index in [9.17, 15) is 9.59 Å². The molecule has 0 saturated heterocycles. The van der Waals surface area contributed by atoms with Crippen molar-refractivity contribution < 1.29 is 19.8 Å². The lowest BCUT2D eigenvalue weighted by Gasteiger charge is -2.17. The first-order valence-electron chi connectivity index (χ1n) is 5.75. The zero-order valence-electron chi connectivity index (χ0n) is 10.2. The van der Waals surface area contributed by atoms with Gasteiger partial charge in [0.25, 0.3) is 0 Å². The number of carboxylic acid groups (broad SMARTS) is 1. The number of aliphatic carboxylic acids is 1. The van der Waals surface area contributed by atoms with E-state index >= 15 is 0 Å². The lowest BCUT2D eigenvalue weighted by molar-refractivity contribution is -0.142. The predicted molar refractivity (Wildman–Crippen MR) is 66.1 cm³/mol. The molecule has 1 unspecified atom stereocenters. The van der Waals surface area contributed by atoms with Crippen LogP contribution >= 0.6 is 0 Å². The van der Waals surface area contributed by atoms with E-state index in [0.717, 1.165) is 5.56 Å². The number of hydrogen-bond donors (Lipinski definition) is 3. The van der Waals surface area contributed by atoms with Crippen molar-refractivity contribution in [2.24, 2.45) is 0 Å². The van der Waals surface area contributed by atoms with Crippen molar-refractivity contribution in [1.82, 2.24) is 5.32 Å². The molecule has 1 aromatic rings. The van der Waals surface area contributed by atoms with E-state index in [4.69, 9.17) is 10.2 Å². The van der Waals surface area contributed by atoms with Crippen molar-refractivity contribution in [3.05, 3.63) is 35.9 Å². The van der Waals surface area contributed by atoms with Gasteiger partial charge in [0.05, 0.1) is 5.92 Å². The highest BCUT2D eigenvalue weighted by atomic mass is 16.4. The van der Waals surface area contributed by atoms with Crippen LogP contribution in [0.5, 0.6) is 0 Å².